The Bertz CT molecular complexity index is 519. The van der Waals surface area contributed by atoms with Crippen molar-refractivity contribution in [1.82, 2.24) is 4.98 Å². The second-order valence-electron chi connectivity index (χ2n) is 3.07. The van der Waals surface area contributed by atoms with Gasteiger partial charge >= 0.3 is 100 Å². The van der Waals surface area contributed by atoms with Gasteiger partial charge in [-0.15, -0.1) is 0 Å². The molecule has 0 aliphatic heterocycles. The first-order valence-electron chi connectivity index (χ1n) is 4.52. The van der Waals surface area contributed by atoms with E-state index in [4.69, 9.17) is 0 Å². The van der Waals surface area contributed by atoms with Gasteiger partial charge in [0.1, 0.15) is 0 Å². The molecule has 1 nitrogen and oxygen atoms in total. The summed E-state index contributed by atoms with van der Waals surface area (Å²) >= 11 is -0.847. The molecular weight excluding hydrogens is 301 g/mol. The Morgan fingerprint density at radius 2 is 1.35 bits per heavy atom. The minimum atomic E-state index is -1.61. The first-order chi connectivity index (χ1) is 8.09. The van der Waals surface area contributed by atoms with Crippen LogP contribution < -0.4 is 8.92 Å². The van der Waals surface area contributed by atoms with Gasteiger partial charge in [-0.25, -0.2) is 0 Å². The number of hydrogen-bond donors (Lipinski definition) is 0. The Balaban J connectivity index is 2.46. The van der Waals surface area contributed by atoms with E-state index in [2.05, 4.69) is 4.98 Å². The summed E-state index contributed by atoms with van der Waals surface area (Å²) in [6.07, 6.45) is 0. The van der Waals surface area contributed by atoms with Crippen LogP contribution in [0, 0.1) is 23.5 Å². The van der Waals surface area contributed by atoms with Crippen molar-refractivity contribution >= 4 is 23.9 Å². The van der Waals surface area contributed by atoms with E-state index in [1.807, 2.05) is 0 Å². The van der Waals surface area contributed by atoms with E-state index >= 15 is 0 Å². The third-order valence-electron chi connectivity index (χ3n) is 1.92. The van der Waals surface area contributed by atoms with Crippen molar-refractivity contribution in [3.8, 4) is 0 Å². The number of aromatic nitrogens is 1. The molecule has 17 heavy (non-hydrogen) atoms. The number of nitrogens with zero attached hydrogens (tertiary/aromatic N) is 1. The second-order valence-corrected chi connectivity index (χ2v) is 5.34. The molecule has 0 saturated heterocycles. The summed E-state index contributed by atoms with van der Waals surface area (Å²) in [4.78, 5) is 2.50. The first-order valence-corrected chi connectivity index (χ1v) is 6.24. The Labute approximate surface area is 101 Å². The normalized spacial score (nSPS) is 10.6. The summed E-state index contributed by atoms with van der Waals surface area (Å²) in [5, 5.41) is 0. The molecule has 0 saturated carbocycles. The molecule has 6 heteroatoms. The molecule has 0 unspecified atom stereocenters. The Hall–Kier alpha value is -1.39. The summed E-state index contributed by atoms with van der Waals surface area (Å²) < 4.78 is 52.3. The fraction of sp³-hybridized carbons (Fsp3) is 0. The van der Waals surface area contributed by atoms with Crippen LogP contribution in [0.15, 0.2) is 30.3 Å². The van der Waals surface area contributed by atoms with E-state index in [-0.39, 0.29) is 0 Å². The van der Waals surface area contributed by atoms with Crippen LogP contribution in [-0.4, -0.2) is 19.9 Å². The minimum absolute atomic E-state index is 0.589. The van der Waals surface area contributed by atoms with E-state index in [1.54, 1.807) is 30.3 Å². The van der Waals surface area contributed by atoms with E-state index < -0.39 is 42.9 Å². The Morgan fingerprint density at radius 3 is 1.88 bits per heavy atom. The molecule has 0 N–H and O–H groups in total. The molecule has 1 aromatic carbocycles. The van der Waals surface area contributed by atoms with Gasteiger partial charge in [0.25, 0.3) is 0 Å². The van der Waals surface area contributed by atoms with E-state index in [0.29, 0.717) is 4.46 Å². The van der Waals surface area contributed by atoms with Crippen molar-refractivity contribution in [3.63, 3.8) is 0 Å². The van der Waals surface area contributed by atoms with Crippen molar-refractivity contribution in [3.05, 3.63) is 53.9 Å². The quantitative estimate of drug-likeness (QED) is 0.463. The van der Waals surface area contributed by atoms with E-state index in [1.165, 1.54) is 0 Å². The third kappa shape index (κ3) is 2.48. The van der Waals surface area contributed by atoms with Gasteiger partial charge in [0.05, 0.1) is 0 Å². The van der Waals surface area contributed by atoms with Gasteiger partial charge < -0.3 is 0 Å². The van der Waals surface area contributed by atoms with Crippen LogP contribution in [0.3, 0.4) is 0 Å². The molecule has 0 radical (unpaired) electrons. The number of pyridine rings is 1. The number of halogens is 4. The summed E-state index contributed by atoms with van der Waals surface area (Å²) in [7, 11) is 0. The molecule has 2 rings (SSSR count). The summed E-state index contributed by atoms with van der Waals surface area (Å²) in [5.74, 6) is -6.08. The molecule has 2 aromatic rings. The maximum absolute atomic E-state index is 13.3. The molecule has 88 valence electrons. The first kappa shape index (κ1) is 12.1. The summed E-state index contributed by atoms with van der Waals surface area (Å²) in [5.41, 5.74) is 0. The van der Waals surface area contributed by atoms with Gasteiger partial charge in [0, 0.05) is 0 Å². The SMILES string of the molecule is Fc1nc(F)c(F)c([Se]c2ccccc2)c1F. The molecule has 0 aliphatic rings. The van der Waals surface area contributed by atoms with Gasteiger partial charge in [0.2, 0.25) is 0 Å². The zero-order valence-electron chi connectivity index (χ0n) is 8.25. The Kier molecular flexibility index (Phi) is 3.45. The van der Waals surface area contributed by atoms with E-state index in [0.717, 1.165) is 0 Å². The van der Waals surface area contributed by atoms with Gasteiger partial charge in [-0.05, 0) is 0 Å². The summed E-state index contributed by atoms with van der Waals surface area (Å²) in [6.45, 7) is 0. The van der Waals surface area contributed by atoms with Gasteiger partial charge in [-0.2, -0.15) is 0 Å². The average Bonchev–Trinajstić information content (AvgIpc) is 2.33. The zero-order chi connectivity index (χ0) is 12.4. The molecule has 0 amide bonds. The molecule has 0 bridgehead atoms. The number of benzene rings is 1. The monoisotopic (exact) mass is 307 g/mol. The van der Waals surface area contributed by atoms with Crippen molar-refractivity contribution in [2.24, 2.45) is 0 Å². The fourth-order valence-corrected chi connectivity index (χ4v) is 3.00. The standard InChI is InChI=1S/C11H5F4NSe/c12-7-9(8(13)11(15)16-10(7)14)17-6-4-2-1-3-5-6/h1-5H. The zero-order valence-corrected chi connectivity index (χ0v) is 9.97. The molecule has 0 aliphatic carbocycles. The molecule has 1 aromatic heterocycles. The van der Waals surface area contributed by atoms with Crippen molar-refractivity contribution < 1.29 is 17.6 Å². The fourth-order valence-electron chi connectivity index (χ4n) is 1.16. The van der Waals surface area contributed by atoms with Crippen molar-refractivity contribution in [2.75, 3.05) is 0 Å². The molecule has 1 heterocycles. The van der Waals surface area contributed by atoms with Crippen LogP contribution in [0.4, 0.5) is 17.6 Å². The van der Waals surface area contributed by atoms with Crippen LogP contribution in [0.2, 0.25) is 0 Å². The molecule has 0 atom stereocenters. The summed E-state index contributed by atoms with van der Waals surface area (Å²) in [6, 6.07) is 8.37. The van der Waals surface area contributed by atoms with E-state index in [9.17, 15) is 17.6 Å². The van der Waals surface area contributed by atoms with Crippen LogP contribution in [0.5, 0.6) is 0 Å². The van der Waals surface area contributed by atoms with Crippen LogP contribution >= 0.6 is 0 Å². The third-order valence-corrected chi connectivity index (χ3v) is 4.17. The second kappa shape index (κ2) is 4.85. The van der Waals surface area contributed by atoms with Crippen LogP contribution in [0.25, 0.3) is 0 Å². The molecular formula is C11H5F4NSe. The van der Waals surface area contributed by atoms with Gasteiger partial charge in [-0.3, -0.25) is 0 Å². The molecule has 0 spiro atoms. The predicted octanol–water partition coefficient (Wildman–Crippen LogP) is 1.29. The van der Waals surface area contributed by atoms with Crippen LogP contribution in [-0.2, 0) is 0 Å². The Morgan fingerprint density at radius 1 is 0.824 bits per heavy atom. The predicted molar refractivity (Wildman–Crippen MR) is 55.5 cm³/mol. The van der Waals surface area contributed by atoms with Gasteiger partial charge in [0.15, 0.2) is 0 Å². The topological polar surface area (TPSA) is 12.9 Å². The number of rotatable bonds is 2. The molecule has 0 fully saturated rings. The average molecular weight is 306 g/mol. The maximum atomic E-state index is 13.3. The number of hydrogen-bond acceptors (Lipinski definition) is 1. The van der Waals surface area contributed by atoms with Crippen LogP contribution in [0.1, 0.15) is 0 Å². The van der Waals surface area contributed by atoms with Crippen molar-refractivity contribution in [2.45, 2.75) is 0 Å². The van der Waals surface area contributed by atoms with Crippen molar-refractivity contribution in [1.29, 1.82) is 0 Å². The van der Waals surface area contributed by atoms with Gasteiger partial charge in [-0.1, -0.05) is 0 Å².